The molecule has 1 heterocycles. The van der Waals surface area contributed by atoms with Crippen LogP contribution in [0.2, 0.25) is 0 Å². The van der Waals surface area contributed by atoms with Gasteiger partial charge in [0.1, 0.15) is 12.4 Å². The second-order valence-corrected chi connectivity index (χ2v) is 7.13. The summed E-state index contributed by atoms with van der Waals surface area (Å²) in [5.41, 5.74) is 2.50. The van der Waals surface area contributed by atoms with Gasteiger partial charge >= 0.3 is 5.97 Å². The molecule has 0 radical (unpaired) electrons. The first kappa shape index (κ1) is 19.0. The number of hydrogen-bond donors (Lipinski definition) is 1. The number of benzene rings is 1. The van der Waals surface area contributed by atoms with Gasteiger partial charge in [0.05, 0.1) is 11.6 Å². The number of H-pyrrole nitrogens is 1. The van der Waals surface area contributed by atoms with Crippen LogP contribution in [-0.4, -0.2) is 27.5 Å². The first-order valence-electron chi connectivity index (χ1n) is 9.27. The Morgan fingerprint density at radius 2 is 2.04 bits per heavy atom. The third-order valence-electron chi connectivity index (χ3n) is 5.07. The predicted octanol–water partition coefficient (Wildman–Crippen LogP) is 3.37. The first-order valence-corrected chi connectivity index (χ1v) is 9.27. The van der Waals surface area contributed by atoms with Gasteiger partial charge in [0.2, 0.25) is 0 Å². The standard InChI is InChI=1S/C21H24N2O4/c1-13(21(26)27-12-18-11-22-20(23-18)14(2)24)16-8-6-15(7-9-16)10-17-4-3-5-19(17)25/h6-9,11,13,17H,3-5,10,12H2,1-2H3,(H,22,23). The maximum Gasteiger partial charge on any atom is 0.313 e. The quantitative estimate of drug-likeness (QED) is 0.598. The van der Waals surface area contributed by atoms with E-state index in [4.69, 9.17) is 4.74 Å². The summed E-state index contributed by atoms with van der Waals surface area (Å²) in [6, 6.07) is 7.81. The molecule has 1 N–H and O–H groups in total. The summed E-state index contributed by atoms with van der Waals surface area (Å²) in [5, 5.41) is 0. The van der Waals surface area contributed by atoms with Gasteiger partial charge in [-0.25, -0.2) is 4.98 Å². The number of rotatable bonds is 7. The van der Waals surface area contributed by atoms with E-state index in [2.05, 4.69) is 9.97 Å². The van der Waals surface area contributed by atoms with Gasteiger partial charge in [-0.15, -0.1) is 0 Å². The Bertz CT molecular complexity index is 838. The minimum atomic E-state index is -0.404. The number of nitrogens with zero attached hydrogens (tertiary/aromatic N) is 1. The molecule has 6 nitrogen and oxygen atoms in total. The number of aromatic amines is 1. The van der Waals surface area contributed by atoms with Gasteiger partial charge in [-0.2, -0.15) is 0 Å². The van der Waals surface area contributed by atoms with Crippen molar-refractivity contribution in [1.29, 1.82) is 0 Å². The summed E-state index contributed by atoms with van der Waals surface area (Å²) in [6.07, 6.45) is 5.01. The van der Waals surface area contributed by atoms with Gasteiger partial charge in [-0.3, -0.25) is 14.4 Å². The molecule has 2 atom stereocenters. The molecule has 2 unspecified atom stereocenters. The first-order chi connectivity index (χ1) is 12.9. The van der Waals surface area contributed by atoms with Crippen molar-refractivity contribution in [3.63, 3.8) is 0 Å². The maximum absolute atomic E-state index is 12.3. The molecule has 1 aliphatic rings. The van der Waals surface area contributed by atoms with Gasteiger partial charge in [0.25, 0.3) is 0 Å². The van der Waals surface area contributed by atoms with Gasteiger partial charge in [0.15, 0.2) is 11.6 Å². The van der Waals surface area contributed by atoms with Crippen LogP contribution in [0, 0.1) is 5.92 Å². The zero-order chi connectivity index (χ0) is 19.4. The number of esters is 1. The number of carbonyl (C=O) groups excluding carboxylic acids is 3. The molecule has 2 aromatic rings. The minimum absolute atomic E-state index is 0.0226. The minimum Gasteiger partial charge on any atom is -0.459 e. The molecule has 0 saturated heterocycles. The van der Waals surface area contributed by atoms with E-state index in [0.29, 0.717) is 17.9 Å². The SMILES string of the molecule is CC(=O)c1nc(COC(=O)C(C)c2ccc(CC3CCCC3=O)cc2)c[nH]1. The number of aromatic nitrogens is 2. The van der Waals surface area contributed by atoms with Crippen LogP contribution >= 0.6 is 0 Å². The largest absolute Gasteiger partial charge is 0.459 e. The summed E-state index contributed by atoms with van der Waals surface area (Å²) >= 11 is 0. The van der Waals surface area contributed by atoms with Gasteiger partial charge in [-0.1, -0.05) is 24.3 Å². The van der Waals surface area contributed by atoms with Crippen molar-refractivity contribution in [3.8, 4) is 0 Å². The highest BCUT2D eigenvalue weighted by Crippen LogP contribution is 2.26. The second-order valence-electron chi connectivity index (χ2n) is 7.13. The number of nitrogens with one attached hydrogen (secondary N) is 1. The van der Waals surface area contributed by atoms with Gasteiger partial charge in [0, 0.05) is 25.5 Å². The normalized spacial score (nSPS) is 17.7. The average Bonchev–Trinajstić information content (AvgIpc) is 3.29. The van der Waals surface area contributed by atoms with Crippen LogP contribution in [0.15, 0.2) is 30.5 Å². The fourth-order valence-corrected chi connectivity index (χ4v) is 3.35. The Morgan fingerprint density at radius 1 is 1.30 bits per heavy atom. The van der Waals surface area contributed by atoms with E-state index in [0.717, 1.165) is 30.4 Å². The summed E-state index contributed by atoms with van der Waals surface area (Å²) in [4.78, 5) is 42.1. The Balaban J connectivity index is 1.54. The molecule has 6 heteroatoms. The monoisotopic (exact) mass is 368 g/mol. The number of carbonyl (C=O) groups is 3. The fourth-order valence-electron chi connectivity index (χ4n) is 3.35. The average molecular weight is 368 g/mol. The van der Waals surface area contributed by atoms with E-state index in [1.807, 2.05) is 24.3 Å². The van der Waals surface area contributed by atoms with E-state index in [1.165, 1.54) is 6.92 Å². The number of Topliss-reactive ketones (excluding diaryl/α,β-unsaturated/α-hetero) is 2. The fraction of sp³-hybridized carbons (Fsp3) is 0.429. The molecule has 1 aromatic heterocycles. The van der Waals surface area contributed by atoms with Gasteiger partial charge < -0.3 is 9.72 Å². The lowest BCUT2D eigenvalue weighted by atomic mass is 9.94. The molecule has 3 rings (SSSR count). The summed E-state index contributed by atoms with van der Waals surface area (Å²) in [6.45, 7) is 3.24. The molecule has 0 amide bonds. The molecule has 0 bridgehead atoms. The second kappa shape index (κ2) is 8.29. The molecule has 1 fully saturated rings. The summed E-state index contributed by atoms with van der Waals surface area (Å²) in [5.74, 6) is -0.153. The van der Waals surface area contributed by atoms with Crippen LogP contribution in [0.4, 0.5) is 0 Å². The molecular weight excluding hydrogens is 344 g/mol. The van der Waals surface area contributed by atoms with Crippen LogP contribution in [-0.2, 0) is 27.4 Å². The lowest BCUT2D eigenvalue weighted by Gasteiger charge is -2.13. The topological polar surface area (TPSA) is 89.1 Å². The van der Waals surface area contributed by atoms with Crippen molar-refractivity contribution < 1.29 is 19.1 Å². The van der Waals surface area contributed by atoms with Crippen molar-refractivity contribution in [3.05, 3.63) is 53.1 Å². The zero-order valence-corrected chi connectivity index (χ0v) is 15.7. The third kappa shape index (κ3) is 4.70. The lowest BCUT2D eigenvalue weighted by molar-refractivity contribution is -0.146. The highest BCUT2D eigenvalue weighted by atomic mass is 16.5. The van der Waals surface area contributed by atoms with Crippen LogP contribution in [0.3, 0.4) is 0 Å². The Hall–Kier alpha value is -2.76. The molecule has 1 saturated carbocycles. The van der Waals surface area contributed by atoms with Crippen molar-refractivity contribution in [1.82, 2.24) is 9.97 Å². The van der Waals surface area contributed by atoms with Crippen LogP contribution in [0.25, 0.3) is 0 Å². The smallest absolute Gasteiger partial charge is 0.313 e. The number of ketones is 2. The zero-order valence-electron chi connectivity index (χ0n) is 15.7. The third-order valence-corrected chi connectivity index (χ3v) is 5.07. The molecule has 1 aromatic carbocycles. The molecule has 0 aliphatic heterocycles. The van der Waals surface area contributed by atoms with Crippen molar-refractivity contribution in [2.45, 2.75) is 52.1 Å². The molecule has 27 heavy (non-hydrogen) atoms. The van der Waals surface area contributed by atoms with Gasteiger partial charge in [-0.05, 0) is 37.3 Å². The van der Waals surface area contributed by atoms with E-state index in [1.54, 1.807) is 13.1 Å². The Morgan fingerprint density at radius 3 is 2.63 bits per heavy atom. The van der Waals surface area contributed by atoms with Crippen LogP contribution in [0.5, 0.6) is 0 Å². The number of imidazole rings is 1. The highest BCUT2D eigenvalue weighted by molar-refractivity contribution is 5.90. The Labute approximate surface area is 158 Å². The number of ether oxygens (including phenoxy) is 1. The maximum atomic E-state index is 12.3. The van der Waals surface area contributed by atoms with E-state index in [9.17, 15) is 14.4 Å². The van der Waals surface area contributed by atoms with Crippen molar-refractivity contribution in [2.75, 3.05) is 0 Å². The van der Waals surface area contributed by atoms with E-state index < -0.39 is 5.92 Å². The van der Waals surface area contributed by atoms with E-state index >= 15 is 0 Å². The summed E-state index contributed by atoms with van der Waals surface area (Å²) in [7, 11) is 0. The van der Waals surface area contributed by atoms with Crippen LogP contribution < -0.4 is 0 Å². The van der Waals surface area contributed by atoms with Crippen molar-refractivity contribution >= 4 is 17.5 Å². The molecule has 1 aliphatic carbocycles. The van der Waals surface area contributed by atoms with Crippen molar-refractivity contribution in [2.24, 2.45) is 5.92 Å². The highest BCUT2D eigenvalue weighted by Gasteiger charge is 2.24. The molecular formula is C21H24N2O4. The Kier molecular flexibility index (Phi) is 5.84. The predicted molar refractivity (Wildman–Crippen MR) is 99.3 cm³/mol. The summed E-state index contributed by atoms with van der Waals surface area (Å²) < 4.78 is 5.31. The van der Waals surface area contributed by atoms with Crippen LogP contribution in [0.1, 0.15) is 66.5 Å². The van der Waals surface area contributed by atoms with E-state index in [-0.39, 0.29) is 30.1 Å². The molecule has 142 valence electrons. The lowest BCUT2D eigenvalue weighted by Crippen LogP contribution is -2.14. The number of hydrogen-bond acceptors (Lipinski definition) is 5. The molecule has 0 spiro atoms.